The molecule has 0 N–H and O–H groups in total. The first-order chi connectivity index (χ1) is 13.0. The summed E-state index contributed by atoms with van der Waals surface area (Å²) in [6, 6.07) is 3.56. The number of hydrogen-bond acceptors (Lipinski definition) is 5. The smallest absolute Gasteiger partial charge is 0.254 e. The van der Waals surface area contributed by atoms with E-state index in [1.807, 2.05) is 6.07 Å². The number of hydrazone groups is 1. The third kappa shape index (κ3) is 2.33. The molecular formula is C20H19BrN2O4. The number of carbonyl (C=O) groups excluding carboxylic acids is 2. The fourth-order valence-corrected chi connectivity index (χ4v) is 5.81. The van der Waals surface area contributed by atoms with Gasteiger partial charge in [-0.05, 0) is 63.7 Å². The lowest BCUT2D eigenvalue weighted by molar-refractivity contribution is -0.140. The number of benzene rings is 1. The van der Waals surface area contributed by atoms with Crippen LogP contribution in [0.1, 0.15) is 12.0 Å². The van der Waals surface area contributed by atoms with E-state index >= 15 is 0 Å². The molecule has 2 bridgehead atoms. The summed E-state index contributed by atoms with van der Waals surface area (Å²) in [5.74, 6) is 1.92. The van der Waals surface area contributed by atoms with Gasteiger partial charge in [-0.15, -0.1) is 0 Å². The van der Waals surface area contributed by atoms with E-state index in [1.165, 1.54) is 6.21 Å². The lowest BCUT2D eigenvalue weighted by Gasteiger charge is -2.37. The number of hydrogen-bond donors (Lipinski definition) is 0. The van der Waals surface area contributed by atoms with Crippen molar-refractivity contribution in [2.45, 2.75) is 6.42 Å². The molecule has 1 heterocycles. The normalized spacial score (nSPS) is 35.6. The summed E-state index contributed by atoms with van der Waals surface area (Å²) in [6.07, 6.45) is 6.99. The lowest BCUT2D eigenvalue weighted by Crippen LogP contribution is -2.40. The fourth-order valence-electron chi connectivity index (χ4n) is 5.19. The van der Waals surface area contributed by atoms with Gasteiger partial charge in [-0.1, -0.05) is 12.2 Å². The summed E-state index contributed by atoms with van der Waals surface area (Å²) in [4.78, 5) is 25.8. The van der Waals surface area contributed by atoms with Crippen LogP contribution in [-0.4, -0.2) is 37.3 Å². The van der Waals surface area contributed by atoms with Gasteiger partial charge in [0.25, 0.3) is 11.8 Å². The van der Waals surface area contributed by atoms with Crippen LogP contribution in [0.2, 0.25) is 0 Å². The molecule has 27 heavy (non-hydrogen) atoms. The predicted octanol–water partition coefficient (Wildman–Crippen LogP) is 2.85. The molecule has 4 aliphatic carbocycles. The number of imide groups is 1. The van der Waals surface area contributed by atoms with Crippen LogP contribution in [0.5, 0.6) is 11.5 Å². The summed E-state index contributed by atoms with van der Waals surface area (Å²) >= 11 is 3.44. The monoisotopic (exact) mass is 430 g/mol. The van der Waals surface area contributed by atoms with Crippen LogP contribution in [0.3, 0.4) is 0 Å². The van der Waals surface area contributed by atoms with Crippen LogP contribution in [0.4, 0.5) is 0 Å². The summed E-state index contributed by atoms with van der Waals surface area (Å²) in [5.41, 5.74) is 0.707. The first-order valence-electron chi connectivity index (χ1n) is 9.06. The Labute approximate surface area is 165 Å². The minimum Gasteiger partial charge on any atom is -0.493 e. The molecule has 140 valence electrons. The Kier molecular flexibility index (Phi) is 3.73. The minimum absolute atomic E-state index is 0.162. The fraction of sp³-hybridized carbons (Fsp3) is 0.450. The van der Waals surface area contributed by atoms with Gasteiger partial charge in [-0.3, -0.25) is 9.59 Å². The van der Waals surface area contributed by atoms with Crippen molar-refractivity contribution in [2.75, 3.05) is 14.2 Å². The number of carbonyl (C=O) groups is 2. The second-order valence-corrected chi connectivity index (χ2v) is 8.48. The SMILES string of the molecule is COc1cc(/C=N\N2C(=O)[C@H]3[C@@H]4C=C[C@H]([C@@H]5C[C@H]45)[C@@H]3C2=O)cc(Br)c1OC. The quantitative estimate of drug-likeness (QED) is 0.418. The van der Waals surface area contributed by atoms with Crippen LogP contribution >= 0.6 is 15.9 Å². The van der Waals surface area contributed by atoms with Crippen LogP contribution in [0.25, 0.3) is 0 Å². The Morgan fingerprint density at radius 2 is 1.70 bits per heavy atom. The first-order valence-corrected chi connectivity index (χ1v) is 9.86. The third-order valence-corrected chi connectivity index (χ3v) is 7.01. The molecule has 0 spiro atoms. The lowest BCUT2D eigenvalue weighted by atomic mass is 9.63. The molecule has 6 rings (SSSR count). The second kappa shape index (κ2) is 5.92. The third-order valence-electron chi connectivity index (χ3n) is 6.42. The molecule has 2 saturated carbocycles. The standard InChI is InChI=1S/C20H19BrN2O4/c1-26-15-6-9(5-14(21)18(15)27-2)8-22-23-19(24)16-10-3-4-11(13-7-12(10)13)17(16)20(23)25/h3-6,8,10-13,16-17H,7H2,1-2H3/b22-8-/t10-,11-,12-,13+,16+,17+/m1/s1. The maximum atomic E-state index is 12.9. The Hall–Kier alpha value is -2.15. The summed E-state index contributed by atoms with van der Waals surface area (Å²) in [6.45, 7) is 0. The molecule has 1 aromatic rings. The number of rotatable bonds is 4. The molecule has 1 aliphatic heterocycles. The van der Waals surface area contributed by atoms with Crippen LogP contribution in [-0.2, 0) is 9.59 Å². The summed E-state index contributed by atoms with van der Waals surface area (Å²) in [5, 5.41) is 5.33. The highest BCUT2D eigenvalue weighted by Crippen LogP contribution is 2.65. The molecule has 1 saturated heterocycles. The maximum absolute atomic E-state index is 12.9. The van der Waals surface area contributed by atoms with Crippen molar-refractivity contribution in [2.24, 2.45) is 40.6 Å². The summed E-state index contributed by atoms with van der Waals surface area (Å²) < 4.78 is 11.3. The van der Waals surface area contributed by atoms with Gasteiger partial charge in [-0.2, -0.15) is 10.1 Å². The maximum Gasteiger partial charge on any atom is 0.254 e. The molecule has 0 unspecified atom stereocenters. The highest BCUT2D eigenvalue weighted by molar-refractivity contribution is 9.10. The van der Waals surface area contributed by atoms with Crippen LogP contribution in [0.15, 0.2) is 33.9 Å². The molecule has 6 nitrogen and oxygen atoms in total. The molecule has 0 radical (unpaired) electrons. The van der Waals surface area contributed by atoms with E-state index < -0.39 is 0 Å². The molecule has 7 heteroatoms. The average molecular weight is 431 g/mol. The van der Waals surface area contributed by atoms with E-state index in [2.05, 4.69) is 33.2 Å². The summed E-state index contributed by atoms with van der Waals surface area (Å²) in [7, 11) is 3.12. The van der Waals surface area contributed by atoms with Crippen molar-refractivity contribution >= 4 is 34.0 Å². The van der Waals surface area contributed by atoms with Crippen molar-refractivity contribution in [3.05, 3.63) is 34.3 Å². The van der Waals surface area contributed by atoms with E-state index in [4.69, 9.17) is 9.47 Å². The van der Waals surface area contributed by atoms with Gasteiger partial charge in [0.2, 0.25) is 0 Å². The van der Waals surface area contributed by atoms with E-state index in [0.717, 1.165) is 11.4 Å². The number of ether oxygens (including phenoxy) is 2. The predicted molar refractivity (Wildman–Crippen MR) is 101 cm³/mol. The Morgan fingerprint density at radius 1 is 1.07 bits per heavy atom. The molecule has 5 aliphatic rings. The van der Waals surface area contributed by atoms with Crippen molar-refractivity contribution in [3.63, 3.8) is 0 Å². The van der Waals surface area contributed by atoms with Gasteiger partial charge >= 0.3 is 0 Å². The highest BCUT2D eigenvalue weighted by atomic mass is 79.9. The van der Waals surface area contributed by atoms with Crippen molar-refractivity contribution in [3.8, 4) is 11.5 Å². The highest BCUT2D eigenvalue weighted by Gasteiger charge is 2.67. The van der Waals surface area contributed by atoms with Gasteiger partial charge < -0.3 is 9.47 Å². The van der Waals surface area contributed by atoms with E-state index in [-0.39, 0.29) is 35.5 Å². The van der Waals surface area contributed by atoms with Gasteiger partial charge in [0, 0.05) is 0 Å². The Balaban J connectivity index is 1.43. The van der Waals surface area contributed by atoms with E-state index in [9.17, 15) is 9.59 Å². The Bertz CT molecular complexity index is 875. The largest absolute Gasteiger partial charge is 0.493 e. The Morgan fingerprint density at radius 3 is 2.26 bits per heavy atom. The van der Waals surface area contributed by atoms with Gasteiger partial charge in [-0.25, -0.2) is 0 Å². The molecule has 0 aromatic heterocycles. The van der Waals surface area contributed by atoms with Gasteiger partial charge in [0.05, 0.1) is 36.7 Å². The number of nitrogens with zero attached hydrogens (tertiary/aromatic N) is 2. The number of amides is 2. The second-order valence-electron chi connectivity index (χ2n) is 7.63. The van der Waals surface area contributed by atoms with Crippen LogP contribution in [0, 0.1) is 35.5 Å². The van der Waals surface area contributed by atoms with E-state index in [1.54, 1.807) is 20.3 Å². The minimum atomic E-state index is -0.231. The van der Waals surface area contributed by atoms with Gasteiger partial charge in [0.1, 0.15) is 0 Å². The topological polar surface area (TPSA) is 68.2 Å². The van der Waals surface area contributed by atoms with Gasteiger partial charge in [0.15, 0.2) is 11.5 Å². The zero-order chi connectivity index (χ0) is 18.9. The number of allylic oxidation sites excluding steroid dienone is 2. The molecule has 1 aromatic carbocycles. The average Bonchev–Trinajstić information content (AvgIpc) is 3.45. The number of methoxy groups -OCH3 is 2. The van der Waals surface area contributed by atoms with Crippen molar-refractivity contribution < 1.29 is 19.1 Å². The zero-order valence-corrected chi connectivity index (χ0v) is 16.5. The zero-order valence-electron chi connectivity index (χ0n) is 15.0. The molecule has 3 fully saturated rings. The first kappa shape index (κ1) is 17.0. The molecule has 2 amide bonds. The van der Waals surface area contributed by atoms with Crippen molar-refractivity contribution in [1.29, 1.82) is 0 Å². The van der Waals surface area contributed by atoms with Crippen molar-refractivity contribution in [1.82, 2.24) is 5.01 Å². The molecular weight excluding hydrogens is 412 g/mol. The number of halogens is 1. The molecule has 6 atom stereocenters. The van der Waals surface area contributed by atoms with Crippen LogP contribution < -0.4 is 9.47 Å². The van der Waals surface area contributed by atoms with E-state index in [0.29, 0.717) is 33.4 Å².